The summed E-state index contributed by atoms with van der Waals surface area (Å²) in [5.74, 6) is 0.927. The number of hydrogen-bond acceptors (Lipinski definition) is 4. The van der Waals surface area contributed by atoms with Gasteiger partial charge in [0.15, 0.2) is 15.8 Å². The van der Waals surface area contributed by atoms with Crippen LogP contribution in [-0.2, 0) is 9.84 Å². The quantitative estimate of drug-likeness (QED) is 0.430. The summed E-state index contributed by atoms with van der Waals surface area (Å²) in [4.78, 5) is 9.24. The van der Waals surface area contributed by atoms with Crippen molar-refractivity contribution in [2.24, 2.45) is 4.99 Å². The summed E-state index contributed by atoms with van der Waals surface area (Å²) >= 11 is 6.10. The molecule has 156 valence electrons. The van der Waals surface area contributed by atoms with Crippen molar-refractivity contribution in [1.82, 2.24) is 10.2 Å². The van der Waals surface area contributed by atoms with E-state index < -0.39 is 9.84 Å². The number of anilines is 1. The molecule has 1 fully saturated rings. The van der Waals surface area contributed by atoms with E-state index >= 15 is 0 Å². The summed E-state index contributed by atoms with van der Waals surface area (Å²) in [6, 6.07) is 16.5. The van der Waals surface area contributed by atoms with Crippen LogP contribution < -0.4 is 10.2 Å². The number of rotatable bonds is 6. The molecule has 0 amide bonds. The van der Waals surface area contributed by atoms with Gasteiger partial charge in [0.2, 0.25) is 0 Å². The van der Waals surface area contributed by atoms with Crippen LogP contribution in [-0.4, -0.2) is 64.8 Å². The first-order valence-electron chi connectivity index (χ1n) is 9.73. The van der Waals surface area contributed by atoms with E-state index in [1.54, 1.807) is 31.3 Å². The molecule has 1 aliphatic heterocycles. The molecule has 0 aliphatic carbocycles. The fourth-order valence-corrected chi connectivity index (χ4v) is 4.91. The molecular weight excluding hydrogens is 408 g/mol. The van der Waals surface area contributed by atoms with Gasteiger partial charge >= 0.3 is 0 Å². The molecule has 29 heavy (non-hydrogen) atoms. The lowest BCUT2D eigenvalue weighted by atomic mass is 10.2. The Kier molecular flexibility index (Phi) is 7.39. The van der Waals surface area contributed by atoms with Crippen LogP contribution in [0.4, 0.5) is 5.69 Å². The van der Waals surface area contributed by atoms with Crippen LogP contribution in [0.3, 0.4) is 0 Å². The van der Waals surface area contributed by atoms with Crippen molar-refractivity contribution in [2.45, 2.75) is 11.3 Å². The largest absolute Gasteiger partial charge is 0.368 e. The lowest BCUT2D eigenvalue weighted by Crippen LogP contribution is -2.52. The van der Waals surface area contributed by atoms with Crippen molar-refractivity contribution in [2.75, 3.05) is 50.4 Å². The Morgan fingerprint density at radius 1 is 1.07 bits per heavy atom. The fourth-order valence-electron chi connectivity index (χ4n) is 3.39. The number of benzene rings is 2. The molecular formula is C21H27ClN4O2S. The second kappa shape index (κ2) is 9.98. The number of halogens is 1. The van der Waals surface area contributed by atoms with Crippen molar-refractivity contribution < 1.29 is 8.42 Å². The van der Waals surface area contributed by atoms with Crippen molar-refractivity contribution >= 4 is 33.1 Å². The van der Waals surface area contributed by atoms with E-state index in [9.17, 15) is 8.42 Å². The third kappa shape index (κ3) is 5.87. The lowest BCUT2D eigenvalue weighted by molar-refractivity contribution is 0.373. The smallest absolute Gasteiger partial charge is 0.193 e. The van der Waals surface area contributed by atoms with Crippen LogP contribution in [0, 0.1) is 0 Å². The van der Waals surface area contributed by atoms with Gasteiger partial charge in [-0.2, -0.15) is 0 Å². The first-order valence-corrected chi connectivity index (χ1v) is 11.8. The van der Waals surface area contributed by atoms with Gasteiger partial charge in [-0.15, -0.1) is 0 Å². The van der Waals surface area contributed by atoms with Gasteiger partial charge < -0.3 is 15.1 Å². The Balaban J connectivity index is 1.45. The minimum atomic E-state index is -3.24. The third-order valence-corrected chi connectivity index (χ3v) is 6.99. The molecule has 1 heterocycles. The molecule has 2 aromatic rings. The van der Waals surface area contributed by atoms with Gasteiger partial charge in [0, 0.05) is 50.5 Å². The Morgan fingerprint density at radius 3 is 2.45 bits per heavy atom. The van der Waals surface area contributed by atoms with Crippen molar-refractivity contribution in [3.05, 3.63) is 59.6 Å². The molecule has 1 aliphatic rings. The molecule has 0 aromatic heterocycles. The third-order valence-electron chi connectivity index (χ3n) is 4.94. The number of nitrogens with zero attached hydrogens (tertiary/aromatic N) is 3. The number of piperazine rings is 1. The van der Waals surface area contributed by atoms with Gasteiger partial charge in [0.1, 0.15) is 0 Å². The van der Waals surface area contributed by atoms with Gasteiger partial charge in [0.25, 0.3) is 0 Å². The second-order valence-electron chi connectivity index (χ2n) is 6.91. The summed E-state index contributed by atoms with van der Waals surface area (Å²) in [5, 5.41) is 4.04. The van der Waals surface area contributed by atoms with E-state index in [1.807, 2.05) is 24.3 Å². The zero-order valence-electron chi connectivity index (χ0n) is 16.6. The monoisotopic (exact) mass is 434 g/mol. The highest BCUT2D eigenvalue weighted by Gasteiger charge is 2.20. The topological polar surface area (TPSA) is 65.0 Å². The Morgan fingerprint density at radius 2 is 1.79 bits per heavy atom. The number of guanidine groups is 1. The predicted octanol–water partition coefficient (Wildman–Crippen LogP) is 2.90. The summed E-state index contributed by atoms with van der Waals surface area (Å²) in [7, 11) is -1.49. The highest BCUT2D eigenvalue weighted by Crippen LogP contribution is 2.20. The molecule has 0 bridgehead atoms. The maximum absolute atomic E-state index is 12.4. The molecule has 0 atom stereocenters. The standard InChI is InChI=1S/C21H27ClN4O2S/c1-23-21(24-11-6-16-29(27,28)20-9-3-2-4-10-20)26-14-12-25(13-15-26)19-8-5-7-18(22)17-19/h2-5,7-10,17H,6,11-16H2,1H3,(H,23,24). The maximum atomic E-state index is 12.4. The first-order chi connectivity index (χ1) is 14.0. The molecule has 2 aromatic carbocycles. The second-order valence-corrected chi connectivity index (χ2v) is 9.46. The number of nitrogens with one attached hydrogen (secondary N) is 1. The maximum Gasteiger partial charge on any atom is 0.193 e. The molecule has 0 radical (unpaired) electrons. The van der Waals surface area contributed by atoms with Crippen LogP contribution in [0.2, 0.25) is 5.02 Å². The molecule has 0 spiro atoms. The average Bonchev–Trinajstić information content (AvgIpc) is 2.75. The zero-order chi connectivity index (χ0) is 20.7. The van der Waals surface area contributed by atoms with E-state index in [4.69, 9.17) is 11.6 Å². The Labute approximate surface area is 178 Å². The average molecular weight is 435 g/mol. The van der Waals surface area contributed by atoms with E-state index in [0.717, 1.165) is 42.8 Å². The molecule has 0 saturated carbocycles. The predicted molar refractivity (Wildman–Crippen MR) is 120 cm³/mol. The van der Waals surface area contributed by atoms with Crippen molar-refractivity contribution in [3.8, 4) is 0 Å². The number of sulfone groups is 1. The first kappa shape index (κ1) is 21.5. The van der Waals surface area contributed by atoms with Gasteiger partial charge in [-0.25, -0.2) is 8.42 Å². The normalized spacial score (nSPS) is 15.4. The highest BCUT2D eigenvalue weighted by atomic mass is 35.5. The van der Waals surface area contributed by atoms with E-state index in [2.05, 4.69) is 26.2 Å². The Hall–Kier alpha value is -2.25. The van der Waals surface area contributed by atoms with Gasteiger partial charge in [-0.3, -0.25) is 4.99 Å². The van der Waals surface area contributed by atoms with E-state index in [-0.39, 0.29) is 5.75 Å². The molecule has 6 nitrogen and oxygen atoms in total. The Bertz CT molecular complexity index is 927. The van der Waals surface area contributed by atoms with Gasteiger partial charge in [-0.1, -0.05) is 35.9 Å². The van der Waals surface area contributed by atoms with E-state index in [1.165, 1.54) is 0 Å². The van der Waals surface area contributed by atoms with Gasteiger partial charge in [0.05, 0.1) is 10.6 Å². The molecule has 3 rings (SSSR count). The van der Waals surface area contributed by atoms with Crippen molar-refractivity contribution in [3.63, 3.8) is 0 Å². The molecule has 1 saturated heterocycles. The number of hydrogen-bond donors (Lipinski definition) is 1. The summed E-state index contributed by atoms with van der Waals surface area (Å²) in [6.07, 6.45) is 0.527. The van der Waals surface area contributed by atoms with Crippen LogP contribution >= 0.6 is 11.6 Å². The SMILES string of the molecule is CN=C(NCCCS(=O)(=O)c1ccccc1)N1CCN(c2cccc(Cl)c2)CC1. The van der Waals surface area contributed by atoms with Gasteiger partial charge in [-0.05, 0) is 36.8 Å². The lowest BCUT2D eigenvalue weighted by Gasteiger charge is -2.37. The van der Waals surface area contributed by atoms with Crippen LogP contribution in [0.5, 0.6) is 0 Å². The zero-order valence-corrected chi connectivity index (χ0v) is 18.2. The highest BCUT2D eigenvalue weighted by molar-refractivity contribution is 7.91. The van der Waals surface area contributed by atoms with Crippen LogP contribution in [0.1, 0.15) is 6.42 Å². The van der Waals surface area contributed by atoms with Crippen LogP contribution in [0.15, 0.2) is 64.5 Å². The number of aliphatic imine (C=N–C) groups is 1. The fraction of sp³-hybridized carbons (Fsp3) is 0.381. The van der Waals surface area contributed by atoms with E-state index in [0.29, 0.717) is 17.9 Å². The van der Waals surface area contributed by atoms with Crippen molar-refractivity contribution in [1.29, 1.82) is 0 Å². The minimum Gasteiger partial charge on any atom is -0.368 e. The summed E-state index contributed by atoms with van der Waals surface area (Å²) in [5.41, 5.74) is 1.13. The van der Waals surface area contributed by atoms with Crippen LogP contribution in [0.25, 0.3) is 0 Å². The minimum absolute atomic E-state index is 0.115. The molecule has 8 heteroatoms. The summed E-state index contributed by atoms with van der Waals surface area (Å²) in [6.45, 7) is 4.00. The molecule has 1 N–H and O–H groups in total. The molecule has 0 unspecified atom stereocenters. The summed E-state index contributed by atoms with van der Waals surface area (Å²) < 4.78 is 24.7.